The number of nitrogens with zero attached hydrogens (tertiary/aromatic N) is 4. The fourth-order valence-corrected chi connectivity index (χ4v) is 6.89. The highest BCUT2D eigenvalue weighted by atomic mass is 32.2. The molecule has 0 unspecified atom stereocenters. The molecule has 1 atom stereocenters. The molecule has 1 saturated heterocycles. The quantitative estimate of drug-likeness (QED) is 0.363. The van der Waals surface area contributed by atoms with E-state index in [1.165, 1.54) is 17.7 Å². The van der Waals surface area contributed by atoms with Gasteiger partial charge in [-0.05, 0) is 55.2 Å². The molecule has 0 aliphatic carbocycles. The van der Waals surface area contributed by atoms with Gasteiger partial charge in [0.25, 0.3) is 15.9 Å². The van der Waals surface area contributed by atoms with Gasteiger partial charge >= 0.3 is 0 Å². The summed E-state index contributed by atoms with van der Waals surface area (Å²) in [5, 5.41) is 0. The Bertz CT molecular complexity index is 1730. The summed E-state index contributed by atoms with van der Waals surface area (Å²) in [4.78, 5) is 27.0. The number of ether oxygens (including phenoxy) is 1. The summed E-state index contributed by atoms with van der Waals surface area (Å²) in [7, 11) is -4.09. The van der Waals surface area contributed by atoms with Crippen LogP contribution in [0.15, 0.2) is 83.8 Å². The largest absolute Gasteiger partial charge is 0.477 e. The SMILES string of the molecule is Cc1cccc(C)c1-c1cc2nc(n1)NS(=O)(=O)c1cccc(c1)C(=O)N1CCN(CCc3ccccc3)C[C@@H]1CCO2. The summed E-state index contributed by atoms with van der Waals surface area (Å²) in [6.45, 7) is 7.15. The van der Waals surface area contributed by atoms with Crippen molar-refractivity contribution >= 4 is 21.9 Å². The highest BCUT2D eigenvalue weighted by molar-refractivity contribution is 7.92. The molecular formula is C33H35N5O4S. The van der Waals surface area contributed by atoms with Gasteiger partial charge in [0.2, 0.25) is 11.8 Å². The number of aromatic nitrogens is 2. The number of aryl methyl sites for hydroxylation is 2. The lowest BCUT2D eigenvalue weighted by Crippen LogP contribution is -2.55. The van der Waals surface area contributed by atoms with Crippen LogP contribution in [-0.2, 0) is 16.4 Å². The van der Waals surface area contributed by atoms with Crippen molar-refractivity contribution in [1.82, 2.24) is 19.8 Å². The number of fused-ring (bicyclic) bond motifs is 5. The Balaban J connectivity index is 1.34. The van der Waals surface area contributed by atoms with E-state index in [1.807, 2.05) is 43.0 Å². The third-order valence-electron chi connectivity index (χ3n) is 8.15. The van der Waals surface area contributed by atoms with Gasteiger partial charge in [-0.1, -0.05) is 54.6 Å². The van der Waals surface area contributed by atoms with E-state index < -0.39 is 10.0 Å². The maximum Gasteiger partial charge on any atom is 0.264 e. The standard InChI is InChI=1S/C33H35N5O4S/c1-23-8-6-9-24(2)31(23)29-21-30-35-33(34-29)36-43(40,41)28-13-7-12-26(20-28)32(39)38-18-17-37(22-27(38)15-19-42-30)16-14-25-10-4-3-5-11-25/h3-13,20-21,27H,14-19,22H2,1-2H3,(H,34,35,36)/t27-/m0/s1. The van der Waals surface area contributed by atoms with Gasteiger partial charge in [0.1, 0.15) is 0 Å². The number of hydrogen-bond acceptors (Lipinski definition) is 7. The molecule has 2 aliphatic rings. The van der Waals surface area contributed by atoms with Crippen LogP contribution in [0.25, 0.3) is 11.3 Å². The molecule has 0 spiro atoms. The van der Waals surface area contributed by atoms with Crippen LogP contribution in [0.2, 0.25) is 0 Å². The predicted octanol–water partition coefficient (Wildman–Crippen LogP) is 4.71. The molecule has 43 heavy (non-hydrogen) atoms. The van der Waals surface area contributed by atoms with Gasteiger partial charge < -0.3 is 9.64 Å². The normalized spacial score (nSPS) is 18.6. The lowest BCUT2D eigenvalue weighted by atomic mass is 10.00. The third-order valence-corrected chi connectivity index (χ3v) is 9.47. The highest BCUT2D eigenvalue weighted by Gasteiger charge is 2.32. The van der Waals surface area contributed by atoms with E-state index in [9.17, 15) is 13.2 Å². The van der Waals surface area contributed by atoms with Gasteiger partial charge in [-0.3, -0.25) is 9.69 Å². The first-order valence-corrected chi connectivity index (χ1v) is 16.0. The molecular weight excluding hydrogens is 562 g/mol. The minimum Gasteiger partial charge on any atom is -0.477 e. The molecule has 1 N–H and O–H groups in total. The molecule has 3 aromatic carbocycles. The average molecular weight is 598 g/mol. The summed E-state index contributed by atoms with van der Waals surface area (Å²) in [5.74, 6) is -0.00462. The predicted molar refractivity (Wildman–Crippen MR) is 166 cm³/mol. The van der Waals surface area contributed by atoms with Gasteiger partial charge in [0.15, 0.2) is 0 Å². The zero-order valence-electron chi connectivity index (χ0n) is 24.4. The number of nitrogens with one attached hydrogen (secondary N) is 1. The van der Waals surface area contributed by atoms with Gasteiger partial charge in [-0.2, -0.15) is 4.98 Å². The van der Waals surface area contributed by atoms with Crippen molar-refractivity contribution in [3.63, 3.8) is 0 Å². The van der Waals surface area contributed by atoms with Crippen molar-refractivity contribution in [3.05, 3.63) is 101 Å². The lowest BCUT2D eigenvalue weighted by molar-refractivity contribution is 0.0406. The highest BCUT2D eigenvalue weighted by Crippen LogP contribution is 2.30. The molecule has 1 fully saturated rings. The Hall–Kier alpha value is -4.28. The molecule has 1 amide bonds. The molecule has 0 radical (unpaired) electrons. The average Bonchev–Trinajstić information content (AvgIpc) is 3.00. The number of carbonyl (C=O) groups excluding carboxylic acids is 1. The van der Waals surface area contributed by atoms with Gasteiger partial charge in [0, 0.05) is 55.8 Å². The second kappa shape index (κ2) is 12.1. The number of anilines is 1. The van der Waals surface area contributed by atoms with Crippen molar-refractivity contribution < 1.29 is 17.9 Å². The fourth-order valence-electron chi connectivity index (χ4n) is 5.90. The first-order valence-electron chi connectivity index (χ1n) is 14.6. The lowest BCUT2D eigenvalue weighted by Gasteiger charge is -2.41. The van der Waals surface area contributed by atoms with E-state index in [4.69, 9.17) is 4.74 Å². The topological polar surface area (TPSA) is 105 Å². The van der Waals surface area contributed by atoms with Crippen LogP contribution in [-0.4, -0.2) is 72.9 Å². The second-order valence-electron chi connectivity index (χ2n) is 11.1. The van der Waals surface area contributed by atoms with Crippen LogP contribution in [0, 0.1) is 13.8 Å². The Kier molecular flexibility index (Phi) is 8.14. The Morgan fingerprint density at radius 1 is 0.930 bits per heavy atom. The van der Waals surface area contributed by atoms with Crippen molar-refractivity contribution in [2.24, 2.45) is 0 Å². The molecule has 1 aromatic heterocycles. The molecule has 3 heterocycles. The number of piperazine rings is 1. The van der Waals surface area contributed by atoms with Gasteiger partial charge in [-0.25, -0.2) is 18.1 Å². The van der Waals surface area contributed by atoms with Crippen LogP contribution in [0.5, 0.6) is 5.88 Å². The number of sulfonamides is 1. The van der Waals surface area contributed by atoms with Crippen molar-refractivity contribution in [2.75, 3.05) is 37.5 Å². The summed E-state index contributed by atoms with van der Waals surface area (Å²) in [5.41, 5.74) is 5.09. The molecule has 2 aliphatic heterocycles. The summed E-state index contributed by atoms with van der Waals surface area (Å²) >= 11 is 0. The van der Waals surface area contributed by atoms with Crippen LogP contribution in [0.1, 0.15) is 33.5 Å². The van der Waals surface area contributed by atoms with E-state index in [0.717, 1.165) is 36.2 Å². The third kappa shape index (κ3) is 6.40. The van der Waals surface area contributed by atoms with Gasteiger partial charge in [0.05, 0.1) is 17.2 Å². The van der Waals surface area contributed by atoms with Gasteiger partial charge in [-0.15, -0.1) is 0 Å². The van der Waals surface area contributed by atoms with E-state index in [2.05, 4.69) is 43.9 Å². The molecule has 9 nitrogen and oxygen atoms in total. The molecule has 0 saturated carbocycles. The monoisotopic (exact) mass is 597 g/mol. The smallest absolute Gasteiger partial charge is 0.264 e. The van der Waals surface area contributed by atoms with E-state index in [-0.39, 0.29) is 28.7 Å². The number of rotatable bonds is 4. The summed E-state index contributed by atoms with van der Waals surface area (Å²) in [6, 6.07) is 24.1. The maximum absolute atomic E-state index is 13.8. The minimum atomic E-state index is -4.09. The van der Waals surface area contributed by atoms with Crippen LogP contribution < -0.4 is 9.46 Å². The number of hydrogen-bond donors (Lipinski definition) is 1. The van der Waals surface area contributed by atoms with E-state index in [1.54, 1.807) is 18.2 Å². The van der Waals surface area contributed by atoms with Crippen LogP contribution >= 0.6 is 0 Å². The Morgan fingerprint density at radius 3 is 2.49 bits per heavy atom. The fraction of sp³-hybridized carbons (Fsp3) is 0.303. The number of amides is 1. The minimum absolute atomic E-state index is 0.0306. The maximum atomic E-state index is 13.8. The first kappa shape index (κ1) is 28.8. The number of benzene rings is 3. The zero-order chi connectivity index (χ0) is 30.0. The molecule has 10 heteroatoms. The first-order chi connectivity index (χ1) is 20.8. The van der Waals surface area contributed by atoms with Crippen molar-refractivity contribution in [1.29, 1.82) is 0 Å². The summed E-state index contributed by atoms with van der Waals surface area (Å²) in [6.07, 6.45) is 1.52. The van der Waals surface area contributed by atoms with E-state index in [0.29, 0.717) is 37.4 Å². The Morgan fingerprint density at radius 2 is 1.70 bits per heavy atom. The molecule has 6 rings (SSSR count). The molecule has 222 valence electrons. The zero-order valence-corrected chi connectivity index (χ0v) is 25.2. The second-order valence-corrected chi connectivity index (χ2v) is 12.8. The Labute approximate surface area is 252 Å². The number of carbonyl (C=O) groups is 1. The van der Waals surface area contributed by atoms with Crippen LogP contribution in [0.4, 0.5) is 5.95 Å². The van der Waals surface area contributed by atoms with Crippen molar-refractivity contribution in [3.8, 4) is 17.1 Å². The molecule has 4 bridgehead atoms. The van der Waals surface area contributed by atoms with E-state index >= 15 is 0 Å². The summed E-state index contributed by atoms with van der Waals surface area (Å²) < 4.78 is 35.6. The van der Waals surface area contributed by atoms with Crippen LogP contribution in [0.3, 0.4) is 0 Å². The van der Waals surface area contributed by atoms with Crippen molar-refractivity contribution in [2.45, 2.75) is 37.6 Å². The molecule has 4 aromatic rings.